The molecule has 0 bridgehead atoms. The highest BCUT2D eigenvalue weighted by Crippen LogP contribution is 2.40. The van der Waals surface area contributed by atoms with Crippen molar-refractivity contribution in [3.05, 3.63) is 60.0 Å². The number of alkyl halides is 1. The maximum atomic E-state index is 16.1. The molecule has 3 N–H and O–H groups in total. The lowest BCUT2D eigenvalue weighted by molar-refractivity contribution is 0.0987. The highest BCUT2D eigenvalue weighted by molar-refractivity contribution is 7.70. The first kappa shape index (κ1) is 31.0. The molecule has 14 heteroatoms. The molecule has 0 aliphatic carbocycles. The summed E-state index contributed by atoms with van der Waals surface area (Å²) < 4.78 is 66.6. The molecule has 4 heterocycles. The van der Waals surface area contributed by atoms with E-state index in [0.29, 0.717) is 80.2 Å². The molecule has 6 rings (SSSR count). The van der Waals surface area contributed by atoms with Gasteiger partial charge in [-0.05, 0) is 43.2 Å². The first-order valence-electron chi connectivity index (χ1n) is 14.9. The van der Waals surface area contributed by atoms with Crippen LogP contribution in [0.25, 0.3) is 33.4 Å². The second-order valence-corrected chi connectivity index (χ2v) is 11.9. The third-order valence-electron chi connectivity index (χ3n) is 8.11. The summed E-state index contributed by atoms with van der Waals surface area (Å²) in [4.78, 5) is 18.7. The van der Waals surface area contributed by atoms with Crippen LogP contribution in [0.3, 0.4) is 0 Å². The molecule has 0 radical (unpaired) electrons. The van der Waals surface area contributed by atoms with Crippen LogP contribution in [0.4, 0.5) is 26.1 Å². The number of hydrogen-bond donors (Lipinski definition) is 3. The van der Waals surface area contributed by atoms with Crippen LogP contribution < -0.4 is 20.3 Å². The van der Waals surface area contributed by atoms with E-state index < -0.39 is 22.9 Å². The van der Waals surface area contributed by atoms with E-state index >= 15 is 8.78 Å². The van der Waals surface area contributed by atoms with Crippen molar-refractivity contribution in [1.29, 1.82) is 0 Å². The monoisotopic (exact) mass is 639 g/mol. The molecule has 2 saturated heterocycles. The summed E-state index contributed by atoms with van der Waals surface area (Å²) in [6.45, 7) is 5.82. The Labute approximate surface area is 261 Å². The number of ether oxygens (including phenoxy) is 2. The molecule has 2 fully saturated rings. The van der Waals surface area contributed by atoms with Gasteiger partial charge in [0.05, 0.1) is 43.7 Å². The topological polar surface area (TPSA) is 136 Å². The first-order chi connectivity index (χ1) is 21.8. The Morgan fingerprint density at radius 3 is 2.60 bits per heavy atom. The number of nitrogens with one attached hydrogen (secondary N) is 1. The summed E-state index contributed by atoms with van der Waals surface area (Å²) in [5.74, 6) is 0.845. The lowest BCUT2D eigenvalue weighted by Gasteiger charge is -2.36. The number of hydrogen-bond acceptors (Lipinski definition) is 10. The Kier molecular flexibility index (Phi) is 9.35. The van der Waals surface area contributed by atoms with Crippen molar-refractivity contribution in [2.75, 3.05) is 68.1 Å². The third kappa shape index (κ3) is 6.69. The molecule has 2 unspecified atom stereocenters. The van der Waals surface area contributed by atoms with Gasteiger partial charge in [-0.1, -0.05) is 18.2 Å². The fourth-order valence-electron chi connectivity index (χ4n) is 5.78. The molecule has 2 aliphatic heterocycles. The van der Waals surface area contributed by atoms with Crippen LogP contribution in [0, 0.1) is 5.82 Å². The largest absolute Gasteiger partial charge is 0.384 e. The predicted molar refractivity (Wildman–Crippen MR) is 170 cm³/mol. The van der Waals surface area contributed by atoms with Crippen LogP contribution in [-0.4, -0.2) is 82.0 Å². The predicted octanol–water partition coefficient (Wildman–Crippen LogP) is 3.66. The number of halogens is 2. The van der Waals surface area contributed by atoms with Gasteiger partial charge in [0.15, 0.2) is 5.82 Å². The number of rotatable bonds is 9. The van der Waals surface area contributed by atoms with Gasteiger partial charge >= 0.3 is 0 Å². The van der Waals surface area contributed by atoms with E-state index in [-0.39, 0.29) is 30.1 Å². The van der Waals surface area contributed by atoms with Crippen molar-refractivity contribution < 1.29 is 26.7 Å². The van der Waals surface area contributed by atoms with Gasteiger partial charge in [0.1, 0.15) is 23.6 Å². The summed E-state index contributed by atoms with van der Waals surface area (Å²) in [7, 11) is -2.87. The Balaban J connectivity index is 1.55. The third-order valence-corrected chi connectivity index (χ3v) is 8.59. The van der Waals surface area contributed by atoms with Gasteiger partial charge in [0, 0.05) is 54.5 Å². The van der Waals surface area contributed by atoms with E-state index in [1.807, 2.05) is 18.2 Å². The number of nitrogens with two attached hydrogens (primary N) is 1. The normalized spacial score (nSPS) is 18.1. The lowest BCUT2D eigenvalue weighted by Crippen LogP contribution is -2.44. The van der Waals surface area contributed by atoms with Gasteiger partial charge in [-0.15, -0.1) is 0 Å². The fraction of sp³-hybridized carbons (Fsp3) is 0.387. The molecule has 2 aromatic heterocycles. The minimum Gasteiger partial charge on any atom is -0.384 e. The smallest absolute Gasteiger partial charge is 0.201 e. The van der Waals surface area contributed by atoms with Crippen molar-refractivity contribution in [1.82, 2.24) is 19.7 Å². The SMILES string of the molecule is CC1COCCN1c1nc(-c2ccc(N)nc2)nc2c(N3CCOCC3)cc(-c3cccc(C(F)CCN[SH](=O)=O)c3F)cc12. The van der Waals surface area contributed by atoms with Crippen molar-refractivity contribution >= 4 is 39.1 Å². The molecule has 2 aromatic carbocycles. The molecule has 0 amide bonds. The number of anilines is 3. The molecular weight excluding hydrogens is 604 g/mol. The second-order valence-electron chi connectivity index (χ2n) is 11.1. The fourth-order valence-corrected chi connectivity index (χ4v) is 6.09. The summed E-state index contributed by atoms with van der Waals surface area (Å²) in [6, 6.07) is 11.9. The Morgan fingerprint density at radius 1 is 1.07 bits per heavy atom. The molecule has 2 atom stereocenters. The number of fused-ring (bicyclic) bond motifs is 1. The first-order valence-corrected chi connectivity index (χ1v) is 16.0. The maximum absolute atomic E-state index is 16.1. The van der Waals surface area contributed by atoms with E-state index in [2.05, 4.69) is 26.4 Å². The molecule has 45 heavy (non-hydrogen) atoms. The van der Waals surface area contributed by atoms with E-state index in [1.54, 1.807) is 24.4 Å². The summed E-state index contributed by atoms with van der Waals surface area (Å²) in [5.41, 5.74) is 8.67. The zero-order valence-electron chi connectivity index (χ0n) is 24.8. The second kappa shape index (κ2) is 13.6. The molecule has 0 saturated carbocycles. The average molecular weight is 640 g/mol. The van der Waals surface area contributed by atoms with Crippen LogP contribution in [0.5, 0.6) is 0 Å². The molecule has 4 aromatic rings. The van der Waals surface area contributed by atoms with Gasteiger partial charge in [-0.3, -0.25) is 0 Å². The van der Waals surface area contributed by atoms with E-state index in [1.165, 1.54) is 6.07 Å². The van der Waals surface area contributed by atoms with E-state index in [9.17, 15) is 8.42 Å². The number of morpholine rings is 2. The number of benzene rings is 2. The standard InChI is InChI=1S/C31H35F2N7O4S/c1-19-18-44-14-11-40(19)31-24-15-21(22-3-2-4-23(28(22)33)25(32)7-8-36-45(41)42)16-26(39-9-12-43-13-10-39)29(24)37-30(38-31)20-5-6-27(34)35-17-20/h2-6,15-17,19,25,45H,7-14,18H2,1H3,(H2,34,35)(H,36,41,42). The van der Waals surface area contributed by atoms with Gasteiger partial charge in [-0.25, -0.2) is 36.9 Å². The molecule has 238 valence electrons. The zero-order chi connectivity index (χ0) is 31.5. The number of nitrogen functional groups attached to an aromatic ring is 1. The highest BCUT2D eigenvalue weighted by atomic mass is 32.2. The number of nitrogens with zero attached hydrogens (tertiary/aromatic N) is 5. The summed E-state index contributed by atoms with van der Waals surface area (Å²) in [5, 5.41) is 0.722. The Hall–Kier alpha value is -3.98. The van der Waals surface area contributed by atoms with Gasteiger partial charge in [0.2, 0.25) is 10.9 Å². The van der Waals surface area contributed by atoms with E-state index in [0.717, 1.165) is 11.1 Å². The van der Waals surface area contributed by atoms with Crippen molar-refractivity contribution in [2.24, 2.45) is 0 Å². The zero-order valence-corrected chi connectivity index (χ0v) is 25.7. The Bertz CT molecular complexity index is 1740. The van der Waals surface area contributed by atoms with Crippen LogP contribution in [-0.2, 0) is 20.4 Å². The van der Waals surface area contributed by atoms with Crippen LogP contribution in [0.15, 0.2) is 48.7 Å². The number of thiol groups is 1. The molecule has 0 spiro atoms. The van der Waals surface area contributed by atoms with Crippen molar-refractivity contribution in [3.63, 3.8) is 0 Å². The molecule has 2 aliphatic rings. The lowest BCUT2D eigenvalue weighted by atomic mass is 9.96. The molecular formula is C31H35F2N7O4S. The van der Waals surface area contributed by atoms with Crippen LogP contribution in [0.2, 0.25) is 0 Å². The van der Waals surface area contributed by atoms with Gasteiger partial charge in [-0.2, -0.15) is 0 Å². The summed E-state index contributed by atoms with van der Waals surface area (Å²) in [6.07, 6.45) is -0.253. The van der Waals surface area contributed by atoms with Crippen LogP contribution in [0.1, 0.15) is 25.1 Å². The van der Waals surface area contributed by atoms with Crippen molar-refractivity contribution in [3.8, 4) is 22.5 Å². The molecule has 11 nitrogen and oxygen atoms in total. The van der Waals surface area contributed by atoms with Crippen molar-refractivity contribution in [2.45, 2.75) is 25.6 Å². The number of aromatic nitrogens is 3. The van der Waals surface area contributed by atoms with Gasteiger partial charge < -0.3 is 25.0 Å². The van der Waals surface area contributed by atoms with E-state index in [4.69, 9.17) is 25.2 Å². The Morgan fingerprint density at radius 2 is 1.87 bits per heavy atom. The summed E-state index contributed by atoms with van der Waals surface area (Å²) >= 11 is 0. The highest BCUT2D eigenvalue weighted by Gasteiger charge is 2.27. The number of pyridine rings is 1. The quantitative estimate of drug-likeness (QED) is 0.233. The maximum Gasteiger partial charge on any atom is 0.201 e. The minimum atomic E-state index is -2.87. The minimum absolute atomic E-state index is 0.00923. The average Bonchev–Trinajstić information content (AvgIpc) is 3.05. The van der Waals surface area contributed by atoms with Gasteiger partial charge in [0.25, 0.3) is 0 Å². The van der Waals surface area contributed by atoms with Crippen LogP contribution >= 0.6 is 0 Å².